The number of para-hydroxylation sites is 1. The second-order valence-corrected chi connectivity index (χ2v) is 4.61. The number of ether oxygens (including phenoxy) is 1. The van der Waals surface area contributed by atoms with Crippen molar-refractivity contribution in [3.8, 4) is 5.75 Å². The van der Waals surface area contributed by atoms with Gasteiger partial charge in [-0.15, -0.1) is 0 Å². The van der Waals surface area contributed by atoms with E-state index in [0.29, 0.717) is 17.3 Å². The molecule has 2 rings (SSSR count). The molecule has 110 valence electrons. The highest BCUT2D eigenvalue weighted by Gasteiger charge is 2.15. The Balaban J connectivity index is 2.18. The van der Waals surface area contributed by atoms with Crippen molar-refractivity contribution in [2.75, 3.05) is 7.11 Å². The number of methoxy groups -OCH3 is 1. The number of aromatic amines is 1. The third-order valence-corrected chi connectivity index (χ3v) is 3.08. The third-order valence-electron chi connectivity index (χ3n) is 3.08. The molecule has 0 unspecified atom stereocenters. The number of aryl methyl sites for hydroxylation is 2. The van der Waals surface area contributed by atoms with Gasteiger partial charge in [0.25, 0.3) is 11.5 Å². The number of hydrogen-bond donors (Lipinski definition) is 2. The van der Waals surface area contributed by atoms with Gasteiger partial charge in [0.2, 0.25) is 0 Å². The van der Waals surface area contributed by atoms with E-state index >= 15 is 0 Å². The summed E-state index contributed by atoms with van der Waals surface area (Å²) in [6.45, 7) is 3.58. The van der Waals surface area contributed by atoms with Gasteiger partial charge >= 0.3 is 0 Å². The van der Waals surface area contributed by atoms with E-state index in [1.807, 2.05) is 24.3 Å². The molecule has 1 heterocycles. The molecular weight excluding hydrogens is 270 g/mol. The molecule has 0 spiro atoms. The van der Waals surface area contributed by atoms with Crippen molar-refractivity contribution in [2.24, 2.45) is 0 Å². The fraction of sp³-hybridized carbons (Fsp3) is 0.267. The van der Waals surface area contributed by atoms with Gasteiger partial charge < -0.3 is 15.0 Å². The molecule has 2 aromatic rings. The first-order valence-electron chi connectivity index (χ1n) is 6.50. The zero-order chi connectivity index (χ0) is 15.4. The van der Waals surface area contributed by atoms with Crippen LogP contribution < -0.4 is 15.6 Å². The van der Waals surface area contributed by atoms with Crippen molar-refractivity contribution < 1.29 is 9.53 Å². The summed E-state index contributed by atoms with van der Waals surface area (Å²) in [5.74, 6) is 0.719. The minimum atomic E-state index is -0.452. The van der Waals surface area contributed by atoms with Gasteiger partial charge in [-0.3, -0.25) is 9.59 Å². The highest BCUT2D eigenvalue weighted by molar-refractivity contribution is 5.94. The maximum absolute atomic E-state index is 12.2. The quantitative estimate of drug-likeness (QED) is 0.888. The highest BCUT2D eigenvalue weighted by atomic mass is 16.5. The van der Waals surface area contributed by atoms with E-state index in [0.717, 1.165) is 5.56 Å². The van der Waals surface area contributed by atoms with Crippen LogP contribution >= 0.6 is 0 Å². The number of hydrogen-bond acceptors (Lipinski definition) is 4. The molecule has 1 aromatic carbocycles. The van der Waals surface area contributed by atoms with Crippen molar-refractivity contribution in [3.63, 3.8) is 0 Å². The number of nitrogens with zero attached hydrogens (tertiary/aromatic N) is 1. The topological polar surface area (TPSA) is 84.1 Å². The molecule has 0 bridgehead atoms. The molecule has 1 aromatic heterocycles. The predicted molar refractivity (Wildman–Crippen MR) is 78.5 cm³/mol. The average Bonchev–Trinajstić information content (AvgIpc) is 2.44. The Bertz CT molecular complexity index is 722. The number of amides is 1. The van der Waals surface area contributed by atoms with E-state index in [1.165, 1.54) is 0 Å². The first-order chi connectivity index (χ1) is 10.0. The molecule has 0 saturated carbocycles. The third kappa shape index (κ3) is 3.28. The summed E-state index contributed by atoms with van der Waals surface area (Å²) in [6.07, 6.45) is 0. The summed E-state index contributed by atoms with van der Waals surface area (Å²) in [5.41, 5.74) is 0.851. The van der Waals surface area contributed by atoms with Gasteiger partial charge in [0, 0.05) is 12.1 Å². The molecule has 0 saturated heterocycles. The number of benzene rings is 1. The minimum absolute atomic E-state index is 0.0375. The lowest BCUT2D eigenvalue weighted by Crippen LogP contribution is -2.31. The lowest BCUT2D eigenvalue weighted by Gasteiger charge is -2.10. The Labute approximate surface area is 122 Å². The van der Waals surface area contributed by atoms with Crippen molar-refractivity contribution in [3.05, 3.63) is 57.3 Å². The van der Waals surface area contributed by atoms with Crippen molar-refractivity contribution in [2.45, 2.75) is 20.4 Å². The van der Waals surface area contributed by atoms with Crippen LogP contribution in [0.5, 0.6) is 5.75 Å². The average molecular weight is 287 g/mol. The lowest BCUT2D eigenvalue weighted by molar-refractivity contribution is 0.0948. The van der Waals surface area contributed by atoms with Gasteiger partial charge in [0.15, 0.2) is 0 Å². The zero-order valence-corrected chi connectivity index (χ0v) is 12.2. The summed E-state index contributed by atoms with van der Waals surface area (Å²) < 4.78 is 5.21. The highest BCUT2D eigenvalue weighted by Crippen LogP contribution is 2.16. The van der Waals surface area contributed by atoms with E-state index in [1.54, 1.807) is 21.0 Å². The Morgan fingerprint density at radius 1 is 1.33 bits per heavy atom. The number of rotatable bonds is 4. The Kier molecular flexibility index (Phi) is 4.37. The van der Waals surface area contributed by atoms with E-state index in [4.69, 9.17) is 4.74 Å². The monoisotopic (exact) mass is 287 g/mol. The Morgan fingerprint density at radius 3 is 2.71 bits per heavy atom. The minimum Gasteiger partial charge on any atom is -0.496 e. The molecule has 0 atom stereocenters. The largest absolute Gasteiger partial charge is 0.496 e. The summed E-state index contributed by atoms with van der Waals surface area (Å²) in [4.78, 5) is 30.6. The maximum atomic E-state index is 12.2. The Morgan fingerprint density at radius 2 is 2.05 bits per heavy atom. The smallest absolute Gasteiger partial charge is 0.264 e. The molecule has 0 aliphatic carbocycles. The van der Waals surface area contributed by atoms with E-state index < -0.39 is 11.5 Å². The predicted octanol–water partition coefficient (Wildman–Crippen LogP) is 1.33. The van der Waals surface area contributed by atoms with Gasteiger partial charge in [-0.25, -0.2) is 4.98 Å². The number of nitrogens with one attached hydrogen (secondary N) is 2. The van der Waals surface area contributed by atoms with Crippen molar-refractivity contribution in [1.29, 1.82) is 0 Å². The summed E-state index contributed by atoms with van der Waals surface area (Å²) in [7, 11) is 1.57. The summed E-state index contributed by atoms with van der Waals surface area (Å²) >= 11 is 0. The molecule has 6 heteroatoms. The molecule has 2 N–H and O–H groups in total. The fourth-order valence-electron chi connectivity index (χ4n) is 2.11. The van der Waals surface area contributed by atoms with E-state index in [-0.39, 0.29) is 12.1 Å². The zero-order valence-electron chi connectivity index (χ0n) is 12.2. The summed E-state index contributed by atoms with van der Waals surface area (Å²) in [6, 6.07) is 7.37. The van der Waals surface area contributed by atoms with Gasteiger partial charge in [0.05, 0.1) is 12.8 Å². The van der Waals surface area contributed by atoms with Gasteiger partial charge in [-0.1, -0.05) is 18.2 Å². The standard InChI is InChI=1S/C15H17N3O3/c1-9-13(15(20)18-10(2)17-9)14(19)16-8-11-6-4-5-7-12(11)21-3/h4-7H,8H2,1-3H3,(H,16,19)(H,17,18,20). The first kappa shape index (κ1) is 14.8. The van der Waals surface area contributed by atoms with Crippen LogP contribution in [-0.2, 0) is 6.54 Å². The number of H-pyrrole nitrogens is 1. The van der Waals surface area contributed by atoms with Crippen LogP contribution in [0.15, 0.2) is 29.1 Å². The van der Waals surface area contributed by atoms with Crippen LogP contribution in [0.4, 0.5) is 0 Å². The molecule has 0 aliphatic rings. The second-order valence-electron chi connectivity index (χ2n) is 4.61. The van der Waals surface area contributed by atoms with Crippen molar-refractivity contribution in [1.82, 2.24) is 15.3 Å². The molecule has 0 radical (unpaired) electrons. The van der Waals surface area contributed by atoms with Gasteiger partial charge in [-0.05, 0) is 19.9 Å². The van der Waals surface area contributed by atoms with E-state index in [2.05, 4.69) is 15.3 Å². The lowest BCUT2D eigenvalue weighted by atomic mass is 10.2. The molecule has 0 fully saturated rings. The molecule has 21 heavy (non-hydrogen) atoms. The number of carbonyl (C=O) groups excluding carboxylic acids is 1. The van der Waals surface area contributed by atoms with Crippen LogP contribution in [0.2, 0.25) is 0 Å². The molecule has 0 aliphatic heterocycles. The van der Waals surface area contributed by atoms with Crippen LogP contribution in [0.25, 0.3) is 0 Å². The fourth-order valence-corrected chi connectivity index (χ4v) is 2.11. The SMILES string of the molecule is COc1ccccc1CNC(=O)c1c(C)nc(C)[nH]c1=O. The molecule has 1 amide bonds. The van der Waals surface area contributed by atoms with Crippen molar-refractivity contribution >= 4 is 5.91 Å². The number of carbonyl (C=O) groups is 1. The maximum Gasteiger partial charge on any atom is 0.264 e. The van der Waals surface area contributed by atoms with Gasteiger partial charge in [-0.2, -0.15) is 0 Å². The molecular formula is C15H17N3O3. The summed E-state index contributed by atoms with van der Waals surface area (Å²) in [5, 5.41) is 2.71. The normalized spacial score (nSPS) is 10.2. The van der Waals surface area contributed by atoms with E-state index in [9.17, 15) is 9.59 Å². The Hall–Kier alpha value is -2.63. The van der Waals surface area contributed by atoms with Crippen LogP contribution in [0.3, 0.4) is 0 Å². The first-order valence-corrected chi connectivity index (χ1v) is 6.50. The second kappa shape index (κ2) is 6.21. The van der Waals surface area contributed by atoms with Gasteiger partial charge in [0.1, 0.15) is 17.1 Å². The van der Waals surface area contributed by atoms with Crippen LogP contribution in [-0.4, -0.2) is 23.0 Å². The van der Waals surface area contributed by atoms with Crippen LogP contribution in [0, 0.1) is 13.8 Å². The van der Waals surface area contributed by atoms with Crippen LogP contribution in [0.1, 0.15) is 27.4 Å². The molecule has 6 nitrogen and oxygen atoms in total. The number of aromatic nitrogens is 2.